The Hall–Kier alpha value is -0.879. The van der Waals surface area contributed by atoms with Gasteiger partial charge in [0.1, 0.15) is 0 Å². The molecule has 0 bridgehead atoms. The van der Waals surface area contributed by atoms with E-state index in [0.717, 1.165) is 17.8 Å². The molecule has 1 aliphatic carbocycles. The average Bonchev–Trinajstić information content (AvgIpc) is 2.38. The van der Waals surface area contributed by atoms with Gasteiger partial charge < -0.3 is 13.6 Å². The summed E-state index contributed by atoms with van der Waals surface area (Å²) in [5.41, 5.74) is 8.49. The summed E-state index contributed by atoms with van der Waals surface area (Å²) in [4.78, 5) is 0. The van der Waals surface area contributed by atoms with Gasteiger partial charge in [-0.15, -0.1) is 0 Å². The largest absolute Gasteiger partial charge is 0.455 e. The summed E-state index contributed by atoms with van der Waals surface area (Å²) in [7, 11) is -5.19. The zero-order chi connectivity index (χ0) is 18.6. The minimum Gasteiger partial charge on any atom is -0.455 e. The number of rotatable bonds is 8. The van der Waals surface area contributed by atoms with Crippen LogP contribution in [0.2, 0.25) is 58.9 Å². The highest BCUT2D eigenvalue weighted by atomic mass is 28.4. The van der Waals surface area contributed by atoms with Crippen LogP contribution in [0.4, 0.5) is 0 Å². The highest BCUT2D eigenvalue weighted by Gasteiger charge is 2.25. The highest BCUT2D eigenvalue weighted by Crippen LogP contribution is 2.17. The van der Waals surface area contributed by atoms with Gasteiger partial charge in [-0.2, -0.15) is 0 Å². The predicted octanol–water partition coefficient (Wildman–Crippen LogP) is 4.08. The molecule has 9 heteroatoms. The molecule has 0 aromatic carbocycles. The van der Waals surface area contributed by atoms with E-state index in [4.69, 9.17) is 13.6 Å². The first kappa shape index (κ1) is 21.2. The van der Waals surface area contributed by atoms with Crippen LogP contribution < -0.4 is 11.0 Å². The Kier molecular flexibility index (Phi) is 7.05. The molecule has 0 saturated heterocycles. The number of allylic oxidation sites excluding steroid dienone is 2. The maximum absolute atomic E-state index is 5.83. The van der Waals surface area contributed by atoms with Crippen LogP contribution in [0.3, 0.4) is 0 Å². The number of hydrogen-bond donors (Lipinski definition) is 2. The van der Waals surface area contributed by atoms with Crippen LogP contribution in [-0.4, -0.2) is 30.7 Å². The summed E-state index contributed by atoms with van der Waals surface area (Å²) >= 11 is 0. The highest BCUT2D eigenvalue weighted by molar-refractivity contribution is 6.70. The van der Waals surface area contributed by atoms with E-state index in [1.165, 1.54) is 0 Å². The van der Waals surface area contributed by atoms with Crippen molar-refractivity contribution >= 4 is 30.7 Å². The molecule has 0 aromatic rings. The molecule has 6 nitrogen and oxygen atoms in total. The van der Waals surface area contributed by atoms with E-state index >= 15 is 0 Å². The van der Waals surface area contributed by atoms with E-state index in [1.54, 1.807) is 0 Å². The van der Waals surface area contributed by atoms with Crippen molar-refractivity contribution in [3.63, 3.8) is 0 Å². The van der Waals surface area contributed by atoms with Gasteiger partial charge in [-0.05, 0) is 65.3 Å². The summed E-state index contributed by atoms with van der Waals surface area (Å²) < 4.78 is 17.4. The number of nitrogens with zero attached hydrogens (tertiary/aromatic N) is 1. The van der Waals surface area contributed by atoms with Crippen LogP contribution in [0, 0.1) is 0 Å². The molecule has 0 atom stereocenters. The van der Waals surface area contributed by atoms with Gasteiger partial charge >= 0.3 is 0 Å². The molecule has 1 rings (SSSR count). The SMILES string of the molecule is C[Si](C)(C)ON=C1C(NO[Si](C)(C)C)=CCC=C1NO[Si](C)(C)C. The third kappa shape index (κ3) is 8.83. The van der Waals surface area contributed by atoms with Crippen LogP contribution in [0.15, 0.2) is 28.7 Å². The minimum atomic E-state index is -1.78. The molecule has 1 aliphatic rings. The van der Waals surface area contributed by atoms with Crippen LogP contribution >= 0.6 is 0 Å². The van der Waals surface area contributed by atoms with Gasteiger partial charge in [0.05, 0.1) is 11.4 Å². The van der Waals surface area contributed by atoms with Gasteiger partial charge in [-0.3, -0.25) is 11.0 Å². The van der Waals surface area contributed by atoms with E-state index < -0.39 is 25.0 Å². The van der Waals surface area contributed by atoms with Gasteiger partial charge in [0.2, 0.25) is 16.6 Å². The number of hydroxylamine groups is 2. The fourth-order valence-corrected chi connectivity index (χ4v) is 2.71. The molecular formula is C15H33N3O3Si3. The van der Waals surface area contributed by atoms with E-state index in [0.29, 0.717) is 5.71 Å². The van der Waals surface area contributed by atoms with E-state index in [-0.39, 0.29) is 0 Å². The van der Waals surface area contributed by atoms with Gasteiger partial charge in [0.15, 0.2) is 5.71 Å². The monoisotopic (exact) mass is 387 g/mol. The van der Waals surface area contributed by atoms with E-state index in [1.807, 2.05) is 12.2 Å². The fraction of sp³-hybridized carbons (Fsp3) is 0.667. The molecule has 24 heavy (non-hydrogen) atoms. The Morgan fingerprint density at radius 1 is 0.750 bits per heavy atom. The van der Waals surface area contributed by atoms with Crippen molar-refractivity contribution in [1.82, 2.24) is 11.0 Å². The lowest BCUT2D eigenvalue weighted by Gasteiger charge is -2.26. The third-order valence-electron chi connectivity index (χ3n) is 2.50. The molecule has 0 aliphatic heterocycles. The lowest BCUT2D eigenvalue weighted by Crippen LogP contribution is -2.40. The molecule has 0 heterocycles. The molecule has 138 valence electrons. The zero-order valence-electron chi connectivity index (χ0n) is 16.5. The van der Waals surface area contributed by atoms with Gasteiger partial charge in [0, 0.05) is 0 Å². The lowest BCUT2D eigenvalue weighted by molar-refractivity contribution is 0.218. The molecule has 0 unspecified atom stereocenters. The Morgan fingerprint density at radius 2 is 1.17 bits per heavy atom. The molecule has 0 aromatic heterocycles. The Labute approximate surface area is 149 Å². The summed E-state index contributed by atoms with van der Waals surface area (Å²) in [6.45, 7) is 19.1. The van der Waals surface area contributed by atoms with Crippen molar-refractivity contribution in [2.75, 3.05) is 0 Å². The van der Waals surface area contributed by atoms with Gasteiger partial charge in [0.25, 0.3) is 8.32 Å². The van der Waals surface area contributed by atoms with Crippen molar-refractivity contribution in [2.24, 2.45) is 5.16 Å². The molecule has 2 N–H and O–H groups in total. The van der Waals surface area contributed by atoms with E-state index in [2.05, 4.69) is 75.0 Å². The van der Waals surface area contributed by atoms with Crippen molar-refractivity contribution in [3.8, 4) is 0 Å². The minimum absolute atomic E-state index is 0.695. The standard InChI is InChI=1S/C15H33N3O3Si3/c1-22(2,3)19-16-13-11-10-12-14(17-20-23(4,5)6)15(13)18-21-24(7,8)9/h11-12,16-17H,10H2,1-9H3. The second-order valence-corrected chi connectivity index (χ2v) is 22.0. The smallest absolute Gasteiger partial charge is 0.278 e. The normalized spacial score (nSPS) is 16.3. The van der Waals surface area contributed by atoms with Gasteiger partial charge in [-0.1, -0.05) is 17.3 Å². The van der Waals surface area contributed by atoms with Crippen LogP contribution in [-0.2, 0) is 13.6 Å². The maximum Gasteiger partial charge on any atom is 0.278 e. The lowest BCUT2D eigenvalue weighted by atomic mass is 10.1. The topological polar surface area (TPSA) is 64.1 Å². The number of hydrogen-bond acceptors (Lipinski definition) is 6. The van der Waals surface area contributed by atoms with Crippen LogP contribution in [0.25, 0.3) is 0 Å². The molecule has 0 fully saturated rings. The predicted molar refractivity (Wildman–Crippen MR) is 108 cm³/mol. The first-order chi connectivity index (χ1) is 10.8. The van der Waals surface area contributed by atoms with Crippen LogP contribution in [0.1, 0.15) is 6.42 Å². The molecule has 0 saturated carbocycles. The average molecular weight is 388 g/mol. The molecule has 0 amide bonds. The molecular weight excluding hydrogens is 354 g/mol. The van der Waals surface area contributed by atoms with E-state index in [9.17, 15) is 0 Å². The Balaban J connectivity index is 2.95. The quantitative estimate of drug-likeness (QED) is 0.485. The third-order valence-corrected chi connectivity index (χ3v) is 4.57. The van der Waals surface area contributed by atoms with Crippen molar-refractivity contribution in [2.45, 2.75) is 65.3 Å². The maximum atomic E-state index is 5.83. The zero-order valence-corrected chi connectivity index (χ0v) is 19.5. The summed E-state index contributed by atoms with van der Waals surface area (Å²) in [5.74, 6) is 0. The number of oxime groups is 1. The summed E-state index contributed by atoms with van der Waals surface area (Å²) in [5, 5.41) is 4.41. The Morgan fingerprint density at radius 3 is 1.50 bits per heavy atom. The van der Waals surface area contributed by atoms with Gasteiger partial charge in [-0.25, -0.2) is 0 Å². The van der Waals surface area contributed by atoms with Crippen molar-refractivity contribution < 1.29 is 13.6 Å². The molecule has 0 spiro atoms. The summed E-state index contributed by atoms with van der Waals surface area (Å²) in [6.07, 6.45) is 4.87. The fourth-order valence-electron chi connectivity index (χ4n) is 1.51. The van der Waals surface area contributed by atoms with Crippen molar-refractivity contribution in [3.05, 3.63) is 23.5 Å². The first-order valence-corrected chi connectivity index (χ1v) is 18.5. The summed E-state index contributed by atoms with van der Waals surface area (Å²) in [6, 6.07) is 0. The van der Waals surface area contributed by atoms with Crippen molar-refractivity contribution in [1.29, 1.82) is 0 Å². The molecule has 0 radical (unpaired) electrons. The second-order valence-electron chi connectivity index (χ2n) is 8.75. The van der Waals surface area contributed by atoms with Crippen LogP contribution in [0.5, 0.6) is 0 Å². The first-order valence-electron chi connectivity index (χ1n) is 8.32. The Bertz CT molecular complexity index is 491. The number of nitrogens with one attached hydrogen (secondary N) is 2. The second kappa shape index (κ2) is 8.00.